The SMILES string of the molecule is CCCCN1C(=Cc2nc(-n3nc(C)cc3C)nc(-n3nc(C)cc3C)n2)C(C)(C)c2cc(Cl)ccc21. The van der Waals surface area contributed by atoms with Crippen LogP contribution in [-0.4, -0.2) is 41.1 Å². The van der Waals surface area contributed by atoms with Crippen molar-refractivity contribution in [3.8, 4) is 11.9 Å². The molecule has 192 valence electrons. The van der Waals surface area contributed by atoms with Crippen molar-refractivity contribution in [1.29, 1.82) is 0 Å². The molecule has 9 heteroatoms. The number of unbranched alkanes of at least 4 members (excludes halogenated alkanes) is 1. The number of rotatable bonds is 6. The molecule has 0 radical (unpaired) electrons. The first kappa shape index (κ1) is 25.1. The second kappa shape index (κ2) is 9.41. The third-order valence-corrected chi connectivity index (χ3v) is 7.12. The zero-order valence-electron chi connectivity index (χ0n) is 22.5. The highest BCUT2D eigenvalue weighted by Gasteiger charge is 2.40. The number of fused-ring (bicyclic) bond motifs is 1. The van der Waals surface area contributed by atoms with Crippen LogP contribution in [-0.2, 0) is 5.41 Å². The molecule has 0 N–H and O–H groups in total. The van der Waals surface area contributed by atoms with Crippen molar-refractivity contribution in [2.24, 2.45) is 0 Å². The van der Waals surface area contributed by atoms with Gasteiger partial charge in [0.2, 0.25) is 0 Å². The van der Waals surface area contributed by atoms with E-state index in [2.05, 4.69) is 54.1 Å². The van der Waals surface area contributed by atoms with Crippen LogP contribution in [0.25, 0.3) is 18.0 Å². The van der Waals surface area contributed by atoms with E-state index >= 15 is 0 Å². The van der Waals surface area contributed by atoms with Gasteiger partial charge < -0.3 is 4.90 Å². The molecular formula is C28H33ClN8. The first-order chi connectivity index (χ1) is 17.6. The van der Waals surface area contributed by atoms with E-state index in [0.717, 1.165) is 52.9 Å². The molecule has 0 unspecified atom stereocenters. The number of hydrogen-bond donors (Lipinski definition) is 0. The maximum absolute atomic E-state index is 6.43. The molecule has 1 aliphatic rings. The van der Waals surface area contributed by atoms with Crippen LogP contribution in [0.5, 0.6) is 0 Å². The molecule has 0 bridgehead atoms. The van der Waals surface area contributed by atoms with Gasteiger partial charge in [-0.1, -0.05) is 38.8 Å². The van der Waals surface area contributed by atoms with E-state index < -0.39 is 0 Å². The largest absolute Gasteiger partial charge is 0.344 e. The van der Waals surface area contributed by atoms with Crippen LogP contribution in [0.15, 0.2) is 36.0 Å². The fourth-order valence-corrected chi connectivity index (χ4v) is 5.25. The Morgan fingerprint density at radius 2 is 1.46 bits per heavy atom. The Kier molecular flexibility index (Phi) is 6.40. The fraction of sp³-hybridized carbons (Fsp3) is 0.393. The number of allylic oxidation sites excluding steroid dienone is 1. The summed E-state index contributed by atoms with van der Waals surface area (Å²) >= 11 is 6.43. The van der Waals surface area contributed by atoms with Crippen molar-refractivity contribution in [2.45, 2.75) is 66.7 Å². The number of hydrogen-bond acceptors (Lipinski definition) is 6. The Balaban J connectivity index is 1.71. The molecule has 37 heavy (non-hydrogen) atoms. The lowest BCUT2D eigenvalue weighted by Gasteiger charge is -2.27. The smallest absolute Gasteiger partial charge is 0.256 e. The van der Waals surface area contributed by atoms with Gasteiger partial charge in [-0.05, 0) is 70.0 Å². The Bertz CT molecular complexity index is 1450. The number of aryl methyl sites for hydroxylation is 4. The average Bonchev–Trinajstić information content (AvgIpc) is 3.43. The minimum absolute atomic E-state index is 0.280. The molecule has 8 nitrogen and oxygen atoms in total. The van der Waals surface area contributed by atoms with Crippen molar-refractivity contribution in [1.82, 2.24) is 34.5 Å². The minimum Gasteiger partial charge on any atom is -0.344 e. The fourth-order valence-electron chi connectivity index (χ4n) is 5.07. The van der Waals surface area contributed by atoms with Gasteiger partial charge in [0.1, 0.15) is 0 Å². The quantitative estimate of drug-likeness (QED) is 0.309. The van der Waals surface area contributed by atoms with E-state index in [0.29, 0.717) is 17.7 Å². The van der Waals surface area contributed by atoms with Crippen molar-refractivity contribution in [3.05, 3.63) is 75.2 Å². The number of benzene rings is 1. The Morgan fingerprint density at radius 1 is 0.865 bits per heavy atom. The lowest BCUT2D eigenvalue weighted by atomic mass is 9.83. The lowest BCUT2D eigenvalue weighted by Crippen LogP contribution is -2.27. The molecule has 4 aromatic rings. The summed E-state index contributed by atoms with van der Waals surface area (Å²) in [7, 11) is 0. The average molecular weight is 517 g/mol. The van der Waals surface area contributed by atoms with Crippen molar-refractivity contribution >= 4 is 23.4 Å². The highest BCUT2D eigenvalue weighted by Crippen LogP contribution is 2.49. The summed E-state index contributed by atoms with van der Waals surface area (Å²) in [5.41, 5.74) is 6.94. The molecule has 0 spiro atoms. The Labute approximate surface area is 223 Å². The van der Waals surface area contributed by atoms with Crippen LogP contribution in [0.1, 0.15) is 67.8 Å². The summed E-state index contributed by atoms with van der Waals surface area (Å²) in [5.74, 6) is 1.49. The minimum atomic E-state index is -0.280. The van der Waals surface area contributed by atoms with Crippen LogP contribution in [0.2, 0.25) is 5.02 Å². The van der Waals surface area contributed by atoms with Gasteiger partial charge in [-0.3, -0.25) is 0 Å². The van der Waals surface area contributed by atoms with Crippen molar-refractivity contribution in [3.63, 3.8) is 0 Å². The second-order valence-corrected chi connectivity index (χ2v) is 10.7. The van der Waals surface area contributed by atoms with E-state index in [1.807, 2.05) is 45.9 Å². The van der Waals surface area contributed by atoms with Gasteiger partial charge in [-0.25, -0.2) is 9.36 Å². The van der Waals surface area contributed by atoms with Crippen LogP contribution >= 0.6 is 11.6 Å². The van der Waals surface area contributed by atoms with E-state index in [4.69, 9.17) is 26.6 Å². The van der Waals surface area contributed by atoms with E-state index in [-0.39, 0.29) is 5.41 Å². The van der Waals surface area contributed by atoms with Crippen LogP contribution < -0.4 is 4.90 Å². The van der Waals surface area contributed by atoms with Crippen molar-refractivity contribution in [2.75, 3.05) is 11.4 Å². The normalized spacial score (nSPS) is 15.6. The maximum atomic E-state index is 6.43. The van der Waals surface area contributed by atoms with Gasteiger partial charge in [-0.2, -0.15) is 25.1 Å². The molecule has 0 atom stereocenters. The lowest BCUT2D eigenvalue weighted by molar-refractivity contribution is 0.628. The predicted molar refractivity (Wildman–Crippen MR) is 148 cm³/mol. The van der Waals surface area contributed by atoms with Gasteiger partial charge in [0.15, 0.2) is 5.82 Å². The van der Waals surface area contributed by atoms with Gasteiger partial charge in [0, 0.05) is 45.8 Å². The molecule has 0 amide bonds. The zero-order valence-corrected chi connectivity index (χ0v) is 23.3. The van der Waals surface area contributed by atoms with Crippen molar-refractivity contribution < 1.29 is 0 Å². The highest BCUT2D eigenvalue weighted by atomic mass is 35.5. The van der Waals surface area contributed by atoms with Crippen LogP contribution in [0, 0.1) is 27.7 Å². The monoisotopic (exact) mass is 516 g/mol. The summed E-state index contributed by atoms with van der Waals surface area (Å²) in [6.45, 7) is 15.5. The number of anilines is 1. The molecule has 5 rings (SSSR count). The molecule has 0 saturated carbocycles. The van der Waals surface area contributed by atoms with Gasteiger partial charge in [-0.15, -0.1) is 0 Å². The number of aromatic nitrogens is 7. The zero-order chi connectivity index (χ0) is 26.5. The first-order valence-electron chi connectivity index (χ1n) is 12.7. The molecule has 4 heterocycles. The van der Waals surface area contributed by atoms with Gasteiger partial charge in [0.25, 0.3) is 11.9 Å². The molecule has 1 aliphatic heterocycles. The molecule has 0 saturated heterocycles. The molecular weight excluding hydrogens is 484 g/mol. The summed E-state index contributed by atoms with van der Waals surface area (Å²) < 4.78 is 3.52. The van der Waals surface area contributed by atoms with E-state index in [1.54, 1.807) is 9.36 Å². The molecule has 3 aromatic heterocycles. The Hall–Kier alpha value is -3.52. The molecule has 0 fully saturated rings. The van der Waals surface area contributed by atoms with E-state index in [9.17, 15) is 0 Å². The maximum Gasteiger partial charge on any atom is 0.256 e. The standard InChI is InChI=1S/C28H33ClN8/c1-8-9-12-35-23-11-10-21(29)15-22(23)28(6,7)24(35)16-25-30-26(36-19(4)13-17(2)33-36)32-27(31-25)37-20(5)14-18(3)34-37/h10-11,13-16H,8-9,12H2,1-7H3. The Morgan fingerprint density at radius 3 is 1.97 bits per heavy atom. The number of nitrogens with zero attached hydrogens (tertiary/aromatic N) is 8. The van der Waals surface area contributed by atoms with Crippen LogP contribution in [0.4, 0.5) is 5.69 Å². The second-order valence-electron chi connectivity index (χ2n) is 10.3. The summed E-state index contributed by atoms with van der Waals surface area (Å²) in [4.78, 5) is 16.9. The van der Waals surface area contributed by atoms with Crippen LogP contribution in [0.3, 0.4) is 0 Å². The summed E-state index contributed by atoms with van der Waals surface area (Å²) in [5, 5.41) is 10.00. The molecule has 0 aliphatic carbocycles. The topological polar surface area (TPSA) is 77.5 Å². The third-order valence-electron chi connectivity index (χ3n) is 6.88. The summed E-state index contributed by atoms with van der Waals surface area (Å²) in [6.07, 6.45) is 4.25. The first-order valence-corrected chi connectivity index (χ1v) is 13.1. The summed E-state index contributed by atoms with van der Waals surface area (Å²) in [6, 6.07) is 10.2. The molecule has 1 aromatic carbocycles. The predicted octanol–water partition coefficient (Wildman–Crippen LogP) is 6.07. The third kappa shape index (κ3) is 4.55. The highest BCUT2D eigenvalue weighted by molar-refractivity contribution is 6.30. The van der Waals surface area contributed by atoms with E-state index in [1.165, 1.54) is 11.3 Å². The number of halogens is 1. The van der Waals surface area contributed by atoms with Gasteiger partial charge in [0.05, 0.1) is 11.4 Å². The van der Waals surface area contributed by atoms with Gasteiger partial charge >= 0.3 is 0 Å².